The van der Waals surface area contributed by atoms with Crippen LogP contribution in [0.5, 0.6) is 0 Å². The van der Waals surface area contributed by atoms with Gasteiger partial charge in [0.05, 0.1) is 25.5 Å². The van der Waals surface area contributed by atoms with Gasteiger partial charge in [-0.15, -0.1) is 0 Å². The summed E-state index contributed by atoms with van der Waals surface area (Å²) in [5.74, 6) is -0.784. The Morgan fingerprint density at radius 3 is 2.65 bits per heavy atom. The molecule has 0 bridgehead atoms. The van der Waals surface area contributed by atoms with Gasteiger partial charge in [0.1, 0.15) is 11.2 Å². The third-order valence-electron chi connectivity index (χ3n) is 3.03. The highest BCUT2D eigenvalue weighted by Gasteiger charge is 2.47. The molecule has 1 N–H and O–H groups in total. The fraction of sp³-hybridized carbons (Fsp3) is 0.417. The number of anilines is 1. The smallest absolute Gasteiger partial charge is 0.240 e. The molecule has 92 valence electrons. The van der Waals surface area contributed by atoms with Crippen LogP contribution in [-0.2, 0) is 9.53 Å². The van der Waals surface area contributed by atoms with Gasteiger partial charge in [-0.2, -0.15) is 0 Å². The SMILES string of the molecule is CN(C(=O)C1(CO)COC1)c1ccccc1F. The van der Waals surface area contributed by atoms with Crippen molar-refractivity contribution in [3.63, 3.8) is 0 Å². The van der Waals surface area contributed by atoms with E-state index >= 15 is 0 Å². The number of amides is 1. The van der Waals surface area contributed by atoms with Crippen molar-refractivity contribution in [1.82, 2.24) is 0 Å². The first-order valence-corrected chi connectivity index (χ1v) is 5.32. The van der Waals surface area contributed by atoms with E-state index in [1.807, 2.05) is 0 Å². The number of hydrogen-bond donors (Lipinski definition) is 1. The second-order valence-corrected chi connectivity index (χ2v) is 4.25. The summed E-state index contributed by atoms with van der Waals surface area (Å²) in [6, 6.07) is 6.04. The molecule has 1 aliphatic heterocycles. The summed E-state index contributed by atoms with van der Waals surface area (Å²) in [4.78, 5) is 13.4. The molecule has 0 saturated carbocycles. The summed E-state index contributed by atoms with van der Waals surface area (Å²) in [5, 5.41) is 9.25. The van der Waals surface area contributed by atoms with Crippen LogP contribution in [0, 0.1) is 11.2 Å². The lowest BCUT2D eigenvalue weighted by atomic mass is 9.85. The van der Waals surface area contributed by atoms with Gasteiger partial charge in [0.15, 0.2) is 0 Å². The largest absolute Gasteiger partial charge is 0.395 e. The maximum Gasteiger partial charge on any atom is 0.240 e. The van der Waals surface area contributed by atoms with Crippen LogP contribution >= 0.6 is 0 Å². The molecule has 1 fully saturated rings. The number of rotatable bonds is 3. The first kappa shape index (κ1) is 12.0. The molecule has 5 heteroatoms. The van der Waals surface area contributed by atoms with Gasteiger partial charge in [0.25, 0.3) is 0 Å². The zero-order valence-corrected chi connectivity index (χ0v) is 9.52. The number of hydrogen-bond acceptors (Lipinski definition) is 3. The minimum Gasteiger partial charge on any atom is -0.395 e. The Bertz CT molecular complexity index is 426. The van der Waals surface area contributed by atoms with Gasteiger partial charge in [0, 0.05) is 7.05 Å². The number of aliphatic hydroxyl groups is 1. The molecule has 0 aromatic heterocycles. The Labute approximate surface area is 98.6 Å². The number of carbonyl (C=O) groups is 1. The lowest BCUT2D eigenvalue weighted by Gasteiger charge is -2.40. The molecule has 0 atom stereocenters. The summed E-state index contributed by atoms with van der Waals surface area (Å²) in [6.07, 6.45) is 0. The average molecular weight is 239 g/mol. The van der Waals surface area contributed by atoms with E-state index < -0.39 is 11.2 Å². The topological polar surface area (TPSA) is 49.8 Å². The van der Waals surface area contributed by atoms with Crippen LogP contribution in [-0.4, -0.2) is 37.9 Å². The Morgan fingerprint density at radius 2 is 2.18 bits per heavy atom. The van der Waals surface area contributed by atoms with Crippen molar-refractivity contribution < 1.29 is 19.0 Å². The van der Waals surface area contributed by atoms with Crippen molar-refractivity contribution in [3.05, 3.63) is 30.1 Å². The number of ether oxygens (including phenoxy) is 1. The molecule has 1 saturated heterocycles. The second-order valence-electron chi connectivity index (χ2n) is 4.25. The van der Waals surface area contributed by atoms with Crippen molar-refractivity contribution in [2.45, 2.75) is 0 Å². The van der Waals surface area contributed by atoms with Crippen molar-refractivity contribution in [1.29, 1.82) is 0 Å². The molecule has 0 aliphatic carbocycles. The highest BCUT2D eigenvalue weighted by molar-refractivity contribution is 5.98. The van der Waals surface area contributed by atoms with E-state index in [1.165, 1.54) is 24.1 Å². The predicted octanol–water partition coefficient (Wildman–Crippen LogP) is 0.797. The maximum absolute atomic E-state index is 13.5. The molecule has 1 aliphatic rings. The van der Waals surface area contributed by atoms with Crippen LogP contribution < -0.4 is 4.90 Å². The van der Waals surface area contributed by atoms with E-state index in [0.29, 0.717) is 0 Å². The van der Waals surface area contributed by atoms with Crippen LogP contribution in [0.2, 0.25) is 0 Å². The van der Waals surface area contributed by atoms with Gasteiger partial charge in [-0.25, -0.2) is 4.39 Å². The first-order chi connectivity index (χ1) is 8.10. The van der Waals surface area contributed by atoms with E-state index in [9.17, 15) is 14.3 Å². The molecule has 0 spiro atoms. The lowest BCUT2D eigenvalue weighted by Crippen LogP contribution is -2.57. The van der Waals surface area contributed by atoms with Gasteiger partial charge in [-0.05, 0) is 12.1 Å². The monoisotopic (exact) mass is 239 g/mol. The minimum absolute atomic E-state index is 0.182. The second kappa shape index (κ2) is 4.43. The lowest BCUT2D eigenvalue weighted by molar-refractivity contribution is -0.167. The van der Waals surface area contributed by atoms with Crippen LogP contribution in [0.15, 0.2) is 24.3 Å². The van der Waals surface area contributed by atoms with Crippen molar-refractivity contribution >= 4 is 11.6 Å². The van der Waals surface area contributed by atoms with Crippen LogP contribution in [0.3, 0.4) is 0 Å². The Balaban J connectivity index is 2.23. The average Bonchev–Trinajstić information content (AvgIpc) is 2.28. The molecule has 1 aromatic rings. The van der Waals surface area contributed by atoms with E-state index in [-0.39, 0.29) is 31.4 Å². The van der Waals surface area contributed by atoms with Gasteiger partial charge >= 0.3 is 0 Å². The highest BCUT2D eigenvalue weighted by atomic mass is 19.1. The number of carbonyl (C=O) groups excluding carboxylic acids is 1. The summed E-state index contributed by atoms with van der Waals surface area (Å²) in [7, 11) is 1.50. The summed E-state index contributed by atoms with van der Waals surface area (Å²) in [6.45, 7) is 0.0763. The maximum atomic E-state index is 13.5. The van der Waals surface area contributed by atoms with Crippen molar-refractivity contribution in [3.8, 4) is 0 Å². The van der Waals surface area contributed by atoms with Crippen LogP contribution in [0.4, 0.5) is 10.1 Å². The number of aliphatic hydroxyl groups excluding tert-OH is 1. The molecule has 2 rings (SSSR count). The Kier molecular flexibility index (Phi) is 3.13. The predicted molar refractivity (Wildman–Crippen MR) is 60.1 cm³/mol. The molecule has 0 unspecified atom stereocenters. The zero-order valence-electron chi connectivity index (χ0n) is 9.52. The molecule has 4 nitrogen and oxygen atoms in total. The fourth-order valence-electron chi connectivity index (χ4n) is 1.82. The summed E-state index contributed by atoms with van der Waals surface area (Å²) in [5.41, 5.74) is -0.700. The van der Waals surface area contributed by atoms with Crippen LogP contribution in [0.1, 0.15) is 0 Å². The number of nitrogens with zero attached hydrogens (tertiary/aromatic N) is 1. The normalized spacial score (nSPS) is 17.4. The van der Waals surface area contributed by atoms with Crippen LogP contribution in [0.25, 0.3) is 0 Å². The Hall–Kier alpha value is -1.46. The molecular weight excluding hydrogens is 225 g/mol. The zero-order chi connectivity index (χ0) is 12.5. The van der Waals surface area contributed by atoms with Gasteiger partial charge in [-0.3, -0.25) is 4.79 Å². The summed E-state index contributed by atoms with van der Waals surface area (Å²) >= 11 is 0. The number of halogens is 1. The highest BCUT2D eigenvalue weighted by Crippen LogP contribution is 2.31. The minimum atomic E-state index is -0.906. The standard InChI is InChI=1S/C12H14FNO3/c1-14(10-5-3-2-4-9(10)13)11(16)12(6-15)7-17-8-12/h2-5,15H,6-8H2,1H3. The fourth-order valence-corrected chi connectivity index (χ4v) is 1.82. The summed E-state index contributed by atoms with van der Waals surface area (Å²) < 4.78 is 18.5. The van der Waals surface area contributed by atoms with E-state index in [0.717, 1.165) is 0 Å². The van der Waals surface area contributed by atoms with E-state index in [2.05, 4.69) is 0 Å². The number of para-hydroxylation sites is 1. The number of benzene rings is 1. The third-order valence-corrected chi connectivity index (χ3v) is 3.03. The molecule has 1 aromatic carbocycles. The van der Waals surface area contributed by atoms with E-state index in [1.54, 1.807) is 12.1 Å². The molecule has 1 amide bonds. The Morgan fingerprint density at radius 1 is 1.53 bits per heavy atom. The van der Waals surface area contributed by atoms with Crippen molar-refractivity contribution in [2.75, 3.05) is 31.8 Å². The molecule has 0 radical (unpaired) electrons. The van der Waals surface area contributed by atoms with E-state index in [4.69, 9.17) is 4.74 Å². The molecule has 17 heavy (non-hydrogen) atoms. The quantitative estimate of drug-likeness (QED) is 0.848. The third kappa shape index (κ3) is 1.92. The van der Waals surface area contributed by atoms with Gasteiger partial charge in [-0.1, -0.05) is 12.1 Å². The van der Waals surface area contributed by atoms with Gasteiger partial charge < -0.3 is 14.7 Å². The van der Waals surface area contributed by atoms with Gasteiger partial charge in [0.2, 0.25) is 5.91 Å². The first-order valence-electron chi connectivity index (χ1n) is 5.32. The molecular formula is C12H14FNO3. The molecule has 1 heterocycles. The van der Waals surface area contributed by atoms with Crippen molar-refractivity contribution in [2.24, 2.45) is 5.41 Å².